The zero-order valence-electron chi connectivity index (χ0n) is 26.7. The van der Waals surface area contributed by atoms with Crippen LogP contribution in [0.25, 0.3) is 17.1 Å². The minimum Gasteiger partial charge on any atom is -0.497 e. The Labute approximate surface area is 283 Å². The monoisotopic (exact) mass is 669 g/mol. The Morgan fingerprint density at radius 2 is 1.64 bits per heavy atom. The highest BCUT2D eigenvalue weighted by atomic mass is 35.5. The predicted octanol–water partition coefficient (Wildman–Crippen LogP) is 7.55. The predicted molar refractivity (Wildman–Crippen MR) is 187 cm³/mol. The van der Waals surface area contributed by atoms with E-state index < -0.39 is 0 Å². The number of hydrogen-bond acceptors (Lipinski definition) is 8. The Hall–Kier alpha value is -4.80. The van der Waals surface area contributed by atoms with Crippen molar-refractivity contribution in [2.75, 3.05) is 20.0 Å². The summed E-state index contributed by atoms with van der Waals surface area (Å²) in [5, 5.41) is 14.5. The average Bonchev–Trinajstić information content (AvgIpc) is 3.53. The minimum absolute atomic E-state index is 0.0919. The molecule has 5 aromatic rings. The molecule has 11 heteroatoms. The molecule has 1 N–H and O–H groups in total. The third kappa shape index (κ3) is 8.33. The van der Waals surface area contributed by atoms with Gasteiger partial charge in [-0.3, -0.25) is 9.36 Å². The SMILES string of the molecule is CCc1cccc(CC)c1-n1c(SCC(=O)NN=Cc2ccc(OCc3ccc(Cl)cc3)c(OC)c2)nnc1-c1ccc(OC)cc1. The van der Waals surface area contributed by atoms with E-state index in [1.54, 1.807) is 32.6 Å². The van der Waals surface area contributed by atoms with Crippen LogP contribution >= 0.6 is 23.4 Å². The largest absolute Gasteiger partial charge is 0.497 e. The normalized spacial score (nSPS) is 11.1. The van der Waals surface area contributed by atoms with Crippen molar-refractivity contribution in [3.05, 3.63) is 112 Å². The molecule has 0 aliphatic carbocycles. The highest BCUT2D eigenvalue weighted by Gasteiger charge is 2.21. The number of methoxy groups -OCH3 is 2. The summed E-state index contributed by atoms with van der Waals surface area (Å²) in [6.07, 6.45) is 3.23. The first kappa shape index (κ1) is 33.6. The van der Waals surface area contributed by atoms with Gasteiger partial charge in [-0.25, -0.2) is 5.43 Å². The number of aromatic nitrogens is 3. The van der Waals surface area contributed by atoms with Crippen LogP contribution in [0.15, 0.2) is 95.2 Å². The number of aryl methyl sites for hydroxylation is 2. The molecule has 0 unspecified atom stereocenters. The lowest BCUT2D eigenvalue weighted by Crippen LogP contribution is -2.20. The van der Waals surface area contributed by atoms with Crippen molar-refractivity contribution in [3.63, 3.8) is 0 Å². The summed E-state index contributed by atoms with van der Waals surface area (Å²) in [6, 6.07) is 26.9. The standard InChI is InChI=1S/C36H36ClN5O4S/c1-5-26-8-7-9-27(6-2)34(26)42-35(28-13-17-30(44-3)18-14-28)40-41-36(42)47-23-33(43)39-38-21-25-12-19-31(32(20-25)45-4)46-22-24-10-15-29(37)16-11-24/h7-21H,5-6,22-23H2,1-4H3,(H,39,43). The molecule has 1 amide bonds. The Kier molecular flexibility index (Phi) is 11.5. The zero-order chi connectivity index (χ0) is 33.2. The number of thioether (sulfide) groups is 1. The van der Waals surface area contributed by atoms with Gasteiger partial charge in [0.05, 0.1) is 31.9 Å². The van der Waals surface area contributed by atoms with E-state index in [0.717, 1.165) is 41.0 Å². The van der Waals surface area contributed by atoms with Gasteiger partial charge in [0.15, 0.2) is 22.5 Å². The highest BCUT2D eigenvalue weighted by Crippen LogP contribution is 2.33. The molecule has 0 saturated heterocycles. The van der Waals surface area contributed by atoms with Crippen LogP contribution in [0.4, 0.5) is 0 Å². The van der Waals surface area contributed by atoms with Gasteiger partial charge in [-0.15, -0.1) is 10.2 Å². The van der Waals surface area contributed by atoms with Crippen LogP contribution in [0.5, 0.6) is 17.2 Å². The number of nitrogens with zero attached hydrogens (tertiary/aromatic N) is 4. The number of benzene rings is 4. The number of rotatable bonds is 14. The fourth-order valence-corrected chi connectivity index (χ4v) is 5.82. The van der Waals surface area contributed by atoms with Crippen molar-refractivity contribution in [2.45, 2.75) is 38.5 Å². The number of carbonyl (C=O) groups excluding carboxylic acids is 1. The van der Waals surface area contributed by atoms with Crippen LogP contribution < -0.4 is 19.6 Å². The first-order valence-electron chi connectivity index (χ1n) is 15.1. The van der Waals surface area contributed by atoms with Crippen molar-refractivity contribution >= 4 is 35.5 Å². The molecule has 0 atom stereocenters. The maximum atomic E-state index is 12.9. The zero-order valence-corrected chi connectivity index (χ0v) is 28.3. The number of carbonyl (C=O) groups is 1. The summed E-state index contributed by atoms with van der Waals surface area (Å²) < 4.78 is 18.9. The smallest absolute Gasteiger partial charge is 0.250 e. The maximum Gasteiger partial charge on any atom is 0.250 e. The third-order valence-electron chi connectivity index (χ3n) is 7.40. The Bertz CT molecular complexity index is 1820. The van der Waals surface area contributed by atoms with Crippen LogP contribution in [-0.2, 0) is 24.2 Å². The Balaban J connectivity index is 1.28. The molecule has 4 aromatic carbocycles. The van der Waals surface area contributed by atoms with E-state index in [9.17, 15) is 4.79 Å². The number of nitrogens with one attached hydrogen (secondary N) is 1. The summed E-state index contributed by atoms with van der Waals surface area (Å²) in [5.41, 5.74) is 8.62. The molecule has 9 nitrogen and oxygen atoms in total. The van der Waals surface area contributed by atoms with Gasteiger partial charge in [-0.1, -0.05) is 67.5 Å². The Morgan fingerprint density at radius 3 is 2.30 bits per heavy atom. The number of para-hydroxylation sites is 1. The van der Waals surface area contributed by atoms with E-state index in [1.165, 1.54) is 22.9 Å². The van der Waals surface area contributed by atoms with Gasteiger partial charge in [0, 0.05) is 10.6 Å². The fraction of sp³-hybridized carbons (Fsp3) is 0.222. The van der Waals surface area contributed by atoms with E-state index >= 15 is 0 Å². The lowest BCUT2D eigenvalue weighted by molar-refractivity contribution is -0.118. The van der Waals surface area contributed by atoms with Gasteiger partial charge < -0.3 is 14.2 Å². The average molecular weight is 670 g/mol. The second-order valence-corrected chi connectivity index (χ2v) is 11.8. The summed E-state index contributed by atoms with van der Waals surface area (Å²) in [5.74, 6) is 2.41. The van der Waals surface area contributed by atoms with Crippen molar-refractivity contribution < 1.29 is 19.0 Å². The van der Waals surface area contributed by atoms with Gasteiger partial charge in [0.1, 0.15) is 12.4 Å². The van der Waals surface area contributed by atoms with E-state index in [0.29, 0.717) is 34.1 Å². The van der Waals surface area contributed by atoms with E-state index in [4.69, 9.17) is 25.8 Å². The van der Waals surface area contributed by atoms with Crippen molar-refractivity contribution in [1.82, 2.24) is 20.2 Å². The van der Waals surface area contributed by atoms with Gasteiger partial charge in [-0.05, 0) is 89.7 Å². The summed E-state index contributed by atoms with van der Waals surface area (Å²) in [4.78, 5) is 12.9. The molecule has 1 heterocycles. The van der Waals surface area contributed by atoms with Crippen molar-refractivity contribution in [2.24, 2.45) is 5.10 Å². The lowest BCUT2D eigenvalue weighted by Gasteiger charge is -2.18. The molecule has 0 aliphatic rings. The van der Waals surface area contributed by atoms with Gasteiger partial charge in [0.2, 0.25) is 0 Å². The number of hydrogen-bond donors (Lipinski definition) is 1. The van der Waals surface area contributed by atoms with Crippen LogP contribution in [0.2, 0.25) is 5.02 Å². The third-order valence-corrected chi connectivity index (χ3v) is 8.58. The molecule has 5 rings (SSSR count). The number of halogens is 1. The summed E-state index contributed by atoms with van der Waals surface area (Å²) in [7, 11) is 3.21. The number of ether oxygens (including phenoxy) is 3. The van der Waals surface area contributed by atoms with E-state index in [2.05, 4.69) is 57.3 Å². The number of hydrazone groups is 1. The van der Waals surface area contributed by atoms with Crippen LogP contribution in [0.3, 0.4) is 0 Å². The van der Waals surface area contributed by atoms with Crippen LogP contribution in [0.1, 0.15) is 36.1 Å². The molecule has 0 fully saturated rings. The summed E-state index contributed by atoms with van der Waals surface area (Å²) in [6.45, 7) is 4.63. The molecule has 0 aliphatic heterocycles. The molecular weight excluding hydrogens is 634 g/mol. The second kappa shape index (κ2) is 16.2. The number of amides is 1. The molecule has 1 aromatic heterocycles. The van der Waals surface area contributed by atoms with Crippen molar-refractivity contribution in [1.29, 1.82) is 0 Å². The van der Waals surface area contributed by atoms with Gasteiger partial charge in [-0.2, -0.15) is 5.10 Å². The first-order chi connectivity index (χ1) is 22.9. The first-order valence-corrected chi connectivity index (χ1v) is 16.5. The molecule has 0 saturated carbocycles. The second-order valence-electron chi connectivity index (χ2n) is 10.4. The molecule has 242 valence electrons. The molecule has 0 spiro atoms. The maximum absolute atomic E-state index is 12.9. The van der Waals surface area contributed by atoms with E-state index in [1.807, 2.05) is 54.6 Å². The van der Waals surface area contributed by atoms with Crippen LogP contribution in [0, 0.1) is 0 Å². The fourth-order valence-electron chi connectivity index (χ4n) is 4.96. The van der Waals surface area contributed by atoms with E-state index in [-0.39, 0.29) is 11.7 Å². The highest BCUT2D eigenvalue weighted by molar-refractivity contribution is 7.99. The molecular formula is C36H36ClN5O4S. The van der Waals surface area contributed by atoms with Gasteiger partial charge >= 0.3 is 0 Å². The molecule has 0 radical (unpaired) electrons. The van der Waals surface area contributed by atoms with Crippen LogP contribution in [-0.4, -0.2) is 46.9 Å². The molecule has 47 heavy (non-hydrogen) atoms. The quantitative estimate of drug-likeness (QED) is 0.0740. The van der Waals surface area contributed by atoms with Crippen molar-refractivity contribution in [3.8, 4) is 34.3 Å². The lowest BCUT2D eigenvalue weighted by atomic mass is 10.0. The minimum atomic E-state index is -0.277. The van der Waals surface area contributed by atoms with Gasteiger partial charge in [0.25, 0.3) is 5.91 Å². The topological polar surface area (TPSA) is 99.9 Å². The summed E-state index contributed by atoms with van der Waals surface area (Å²) >= 11 is 7.28. The Morgan fingerprint density at radius 1 is 0.915 bits per heavy atom. The molecule has 0 bridgehead atoms.